The van der Waals surface area contributed by atoms with E-state index < -0.39 is 0 Å². The fourth-order valence-corrected chi connectivity index (χ4v) is 1.60. The molecule has 0 aliphatic rings. The Hall–Kier alpha value is -1.81. The number of benzene rings is 1. The molecule has 0 saturated heterocycles. The molecule has 1 heterocycles. The van der Waals surface area contributed by atoms with Crippen LogP contribution in [0.5, 0.6) is 0 Å². The van der Waals surface area contributed by atoms with E-state index in [9.17, 15) is 5.11 Å². The van der Waals surface area contributed by atoms with E-state index >= 15 is 0 Å². The van der Waals surface area contributed by atoms with Crippen LogP contribution in [0, 0.1) is 6.92 Å². The number of aliphatic hydroxyl groups is 1. The predicted octanol–water partition coefficient (Wildman–Crippen LogP) is 2.73. The predicted molar refractivity (Wildman–Crippen MR) is 73.2 cm³/mol. The summed E-state index contributed by atoms with van der Waals surface area (Å²) >= 11 is 0. The molecule has 1 aromatic carbocycles. The van der Waals surface area contributed by atoms with E-state index in [0.717, 1.165) is 17.2 Å². The lowest BCUT2D eigenvalue weighted by Gasteiger charge is -2.18. The van der Waals surface area contributed by atoms with Gasteiger partial charge in [-0.15, -0.1) is 0 Å². The lowest BCUT2D eigenvalue weighted by Crippen LogP contribution is -2.22. The van der Waals surface area contributed by atoms with Gasteiger partial charge >= 0.3 is 0 Å². The van der Waals surface area contributed by atoms with Crippen LogP contribution in [0.15, 0.2) is 30.3 Å². The Morgan fingerprint density at radius 1 is 1.28 bits per heavy atom. The quantitative estimate of drug-likeness (QED) is 0.776. The average Bonchev–Trinajstić information content (AvgIpc) is 2.81. The molecule has 1 aromatic heterocycles. The first kappa shape index (κ1) is 12.6. The minimum absolute atomic E-state index is 0.0825. The van der Waals surface area contributed by atoms with Crippen molar-refractivity contribution in [2.24, 2.45) is 0 Å². The molecule has 0 atom stereocenters. The van der Waals surface area contributed by atoms with Gasteiger partial charge in [-0.25, -0.2) is 0 Å². The second-order valence-corrected chi connectivity index (χ2v) is 5.20. The van der Waals surface area contributed by atoms with Crippen LogP contribution >= 0.6 is 0 Å². The van der Waals surface area contributed by atoms with Crippen molar-refractivity contribution >= 4 is 11.5 Å². The molecule has 4 heteroatoms. The summed E-state index contributed by atoms with van der Waals surface area (Å²) in [6.07, 6.45) is 0. The van der Waals surface area contributed by atoms with Crippen LogP contribution in [0.3, 0.4) is 0 Å². The summed E-state index contributed by atoms with van der Waals surface area (Å²) in [4.78, 5) is 0. The van der Waals surface area contributed by atoms with Crippen LogP contribution in [0.25, 0.3) is 0 Å². The standard InChI is InChI=1S/C14H19N3O/c1-10-4-6-11(7-5-10)15-13-8-12(16-17-13)14(2,3)9-18/h4-8,18H,9H2,1-3H3,(H2,15,16,17). The van der Waals surface area contributed by atoms with Gasteiger partial charge in [-0.1, -0.05) is 31.5 Å². The highest BCUT2D eigenvalue weighted by molar-refractivity contribution is 5.56. The van der Waals surface area contributed by atoms with Crippen LogP contribution in [0.2, 0.25) is 0 Å². The van der Waals surface area contributed by atoms with Crippen molar-refractivity contribution in [3.63, 3.8) is 0 Å². The molecule has 0 aliphatic carbocycles. The zero-order valence-corrected chi connectivity index (χ0v) is 11.0. The van der Waals surface area contributed by atoms with Crippen molar-refractivity contribution in [3.05, 3.63) is 41.6 Å². The number of nitrogens with one attached hydrogen (secondary N) is 2. The maximum atomic E-state index is 9.31. The highest BCUT2D eigenvalue weighted by Crippen LogP contribution is 2.24. The van der Waals surface area contributed by atoms with Gasteiger partial charge in [0, 0.05) is 22.9 Å². The second kappa shape index (κ2) is 4.82. The van der Waals surface area contributed by atoms with Gasteiger partial charge in [-0.3, -0.25) is 5.10 Å². The lowest BCUT2D eigenvalue weighted by molar-refractivity contribution is 0.215. The van der Waals surface area contributed by atoms with E-state index in [0.29, 0.717) is 0 Å². The zero-order valence-electron chi connectivity index (χ0n) is 11.0. The number of aliphatic hydroxyl groups excluding tert-OH is 1. The van der Waals surface area contributed by atoms with Crippen LogP contribution in [0.4, 0.5) is 11.5 Å². The minimum Gasteiger partial charge on any atom is -0.395 e. The summed E-state index contributed by atoms with van der Waals surface area (Å²) in [5, 5.41) is 19.7. The van der Waals surface area contributed by atoms with Crippen molar-refractivity contribution < 1.29 is 5.11 Å². The van der Waals surface area contributed by atoms with Gasteiger partial charge in [0.05, 0.1) is 6.61 Å². The minimum atomic E-state index is -0.305. The Bertz CT molecular complexity index is 514. The van der Waals surface area contributed by atoms with Crippen LogP contribution < -0.4 is 5.32 Å². The van der Waals surface area contributed by atoms with Crippen molar-refractivity contribution in [1.29, 1.82) is 0 Å². The Morgan fingerprint density at radius 2 is 1.94 bits per heavy atom. The summed E-state index contributed by atoms with van der Waals surface area (Å²) in [5.74, 6) is 0.760. The Morgan fingerprint density at radius 3 is 2.56 bits per heavy atom. The number of hydrogen-bond acceptors (Lipinski definition) is 3. The van der Waals surface area contributed by atoms with Crippen molar-refractivity contribution in [1.82, 2.24) is 10.2 Å². The number of hydrogen-bond donors (Lipinski definition) is 3. The first-order valence-electron chi connectivity index (χ1n) is 6.02. The van der Waals surface area contributed by atoms with Gasteiger partial charge in [0.2, 0.25) is 0 Å². The second-order valence-electron chi connectivity index (χ2n) is 5.20. The van der Waals surface area contributed by atoms with Crippen LogP contribution in [0.1, 0.15) is 25.1 Å². The number of aromatic amines is 1. The third-order valence-corrected chi connectivity index (χ3v) is 3.03. The smallest absolute Gasteiger partial charge is 0.152 e. The molecule has 0 aliphatic heterocycles. The maximum Gasteiger partial charge on any atom is 0.152 e. The fourth-order valence-electron chi connectivity index (χ4n) is 1.60. The maximum absolute atomic E-state index is 9.31. The first-order chi connectivity index (χ1) is 8.51. The molecule has 0 unspecified atom stereocenters. The van der Waals surface area contributed by atoms with Crippen molar-refractivity contribution in [2.75, 3.05) is 11.9 Å². The number of aryl methyl sites for hydroxylation is 1. The van der Waals surface area contributed by atoms with E-state index in [2.05, 4.69) is 22.4 Å². The molecule has 0 spiro atoms. The van der Waals surface area contributed by atoms with Gasteiger partial charge in [0.25, 0.3) is 0 Å². The lowest BCUT2D eigenvalue weighted by atomic mass is 9.91. The number of aromatic nitrogens is 2. The van der Waals surface area contributed by atoms with E-state index in [-0.39, 0.29) is 12.0 Å². The summed E-state index contributed by atoms with van der Waals surface area (Å²) in [6, 6.07) is 10.1. The van der Waals surface area contributed by atoms with Gasteiger partial charge in [0.1, 0.15) is 0 Å². The van der Waals surface area contributed by atoms with Gasteiger partial charge in [0.15, 0.2) is 5.82 Å². The molecule has 0 radical (unpaired) electrons. The molecular weight excluding hydrogens is 226 g/mol. The van der Waals surface area contributed by atoms with Crippen molar-refractivity contribution in [3.8, 4) is 0 Å². The number of anilines is 2. The molecule has 3 N–H and O–H groups in total. The van der Waals surface area contributed by atoms with Crippen molar-refractivity contribution in [2.45, 2.75) is 26.2 Å². The summed E-state index contributed by atoms with van der Waals surface area (Å²) < 4.78 is 0. The largest absolute Gasteiger partial charge is 0.395 e. The summed E-state index contributed by atoms with van der Waals surface area (Å²) in [6.45, 7) is 6.08. The molecule has 2 aromatic rings. The molecule has 2 rings (SSSR count). The third-order valence-electron chi connectivity index (χ3n) is 3.03. The monoisotopic (exact) mass is 245 g/mol. The van der Waals surface area contributed by atoms with Gasteiger partial charge < -0.3 is 10.4 Å². The molecule has 0 fully saturated rings. The third kappa shape index (κ3) is 2.71. The molecular formula is C14H19N3O. The normalized spacial score (nSPS) is 11.6. The topological polar surface area (TPSA) is 60.9 Å². The summed E-state index contributed by atoms with van der Waals surface area (Å²) in [5.41, 5.74) is 2.84. The highest BCUT2D eigenvalue weighted by atomic mass is 16.3. The molecule has 96 valence electrons. The number of rotatable bonds is 4. The van der Waals surface area contributed by atoms with E-state index in [4.69, 9.17) is 0 Å². The van der Waals surface area contributed by atoms with Gasteiger partial charge in [-0.2, -0.15) is 5.10 Å². The fraction of sp³-hybridized carbons (Fsp3) is 0.357. The zero-order chi connectivity index (χ0) is 13.2. The van der Waals surface area contributed by atoms with E-state index in [1.807, 2.05) is 44.2 Å². The molecule has 4 nitrogen and oxygen atoms in total. The SMILES string of the molecule is Cc1ccc(Nc2cc(C(C)(C)CO)[nH]n2)cc1. The summed E-state index contributed by atoms with van der Waals surface area (Å²) in [7, 11) is 0. The van der Waals surface area contributed by atoms with Crippen LogP contribution in [-0.4, -0.2) is 21.9 Å². The highest BCUT2D eigenvalue weighted by Gasteiger charge is 2.21. The molecule has 0 amide bonds. The Balaban J connectivity index is 2.14. The number of H-pyrrole nitrogens is 1. The Labute approximate surface area is 107 Å². The van der Waals surface area contributed by atoms with Crippen LogP contribution in [-0.2, 0) is 5.41 Å². The molecule has 18 heavy (non-hydrogen) atoms. The first-order valence-corrected chi connectivity index (χ1v) is 6.02. The van der Waals surface area contributed by atoms with E-state index in [1.54, 1.807) is 0 Å². The van der Waals surface area contributed by atoms with E-state index in [1.165, 1.54) is 5.56 Å². The molecule has 0 saturated carbocycles. The molecule has 0 bridgehead atoms. The Kier molecular flexibility index (Phi) is 3.39. The average molecular weight is 245 g/mol. The number of nitrogens with zero attached hydrogens (tertiary/aromatic N) is 1. The van der Waals surface area contributed by atoms with Gasteiger partial charge in [-0.05, 0) is 19.1 Å².